The first-order chi connectivity index (χ1) is 14.8. The van der Waals surface area contributed by atoms with E-state index in [1.54, 1.807) is 6.20 Å². The molecule has 1 saturated carbocycles. The number of cyclic esters (lactones) is 1. The zero-order valence-corrected chi connectivity index (χ0v) is 16.9. The number of aromatic nitrogens is 4. The molecule has 4 heterocycles. The predicted octanol–water partition coefficient (Wildman–Crippen LogP) is 3.34. The molecule has 1 aliphatic carbocycles. The Labute approximate surface area is 175 Å². The van der Waals surface area contributed by atoms with E-state index in [9.17, 15) is 18.0 Å². The van der Waals surface area contributed by atoms with Crippen LogP contribution in [0.2, 0.25) is 0 Å². The first kappa shape index (κ1) is 20.1. The summed E-state index contributed by atoms with van der Waals surface area (Å²) in [6.45, 7) is -0.778. The zero-order valence-electron chi connectivity index (χ0n) is 16.9. The molecule has 1 aliphatic heterocycles. The fourth-order valence-electron chi connectivity index (χ4n) is 4.75. The molecule has 1 atom stereocenters. The third kappa shape index (κ3) is 3.71. The molecule has 3 aromatic rings. The van der Waals surface area contributed by atoms with E-state index >= 15 is 0 Å². The Morgan fingerprint density at radius 2 is 2.06 bits per heavy atom. The van der Waals surface area contributed by atoms with Crippen molar-refractivity contribution in [2.45, 2.75) is 50.0 Å². The SMILES string of the molecule is Cn1ccc2c1ncc1nc(C3COC(=O)N3)n(C3CCC(NCC(F)(F)F)CC3)c12. The summed E-state index contributed by atoms with van der Waals surface area (Å²) < 4.78 is 46.9. The van der Waals surface area contributed by atoms with Crippen LogP contribution in [0.1, 0.15) is 43.6 Å². The molecule has 0 bridgehead atoms. The maximum absolute atomic E-state index is 12.6. The molecule has 1 unspecified atom stereocenters. The van der Waals surface area contributed by atoms with E-state index in [0.29, 0.717) is 31.5 Å². The lowest BCUT2D eigenvalue weighted by Crippen LogP contribution is -2.39. The lowest BCUT2D eigenvalue weighted by atomic mass is 9.90. The highest BCUT2D eigenvalue weighted by molar-refractivity contribution is 6.01. The fraction of sp³-hybridized carbons (Fsp3) is 0.550. The molecule has 0 spiro atoms. The Balaban J connectivity index is 1.50. The number of imidazole rings is 1. The summed E-state index contributed by atoms with van der Waals surface area (Å²) in [5.41, 5.74) is 2.49. The normalized spacial score (nSPS) is 24.6. The number of alkyl halides is 3. The Hall–Kier alpha value is -2.82. The van der Waals surface area contributed by atoms with Gasteiger partial charge in [0.05, 0.1) is 18.3 Å². The van der Waals surface area contributed by atoms with Gasteiger partial charge in [-0.05, 0) is 31.7 Å². The van der Waals surface area contributed by atoms with Gasteiger partial charge in [-0.3, -0.25) is 0 Å². The molecule has 2 fully saturated rings. The summed E-state index contributed by atoms with van der Waals surface area (Å²) in [6, 6.07) is 1.52. The van der Waals surface area contributed by atoms with Gasteiger partial charge < -0.3 is 24.5 Å². The van der Waals surface area contributed by atoms with Crippen molar-refractivity contribution >= 4 is 28.2 Å². The monoisotopic (exact) mass is 436 g/mol. The van der Waals surface area contributed by atoms with Gasteiger partial charge in [0.1, 0.15) is 29.6 Å². The number of halogens is 3. The average Bonchev–Trinajstić information content (AvgIpc) is 3.43. The molecule has 1 saturated heterocycles. The van der Waals surface area contributed by atoms with Crippen molar-refractivity contribution in [3.63, 3.8) is 0 Å². The van der Waals surface area contributed by atoms with Crippen LogP contribution in [0.15, 0.2) is 18.5 Å². The number of hydrogen-bond donors (Lipinski definition) is 2. The second kappa shape index (κ2) is 7.40. The number of pyridine rings is 1. The van der Waals surface area contributed by atoms with Crippen LogP contribution in [0.5, 0.6) is 0 Å². The molecule has 5 rings (SSSR count). The molecule has 3 aromatic heterocycles. The van der Waals surface area contributed by atoms with Gasteiger partial charge in [0, 0.05) is 30.7 Å². The summed E-state index contributed by atoms with van der Waals surface area (Å²) in [4.78, 5) is 21.0. The number of alkyl carbamates (subject to hydrolysis) is 1. The number of hydrogen-bond acceptors (Lipinski definition) is 5. The Bertz CT molecular complexity index is 1130. The van der Waals surface area contributed by atoms with Crippen LogP contribution < -0.4 is 10.6 Å². The first-order valence-electron chi connectivity index (χ1n) is 10.4. The molecule has 2 N–H and O–H groups in total. The van der Waals surface area contributed by atoms with Crippen molar-refractivity contribution in [3.05, 3.63) is 24.3 Å². The molecular weight excluding hydrogens is 413 g/mol. The van der Waals surface area contributed by atoms with E-state index in [2.05, 4.69) is 20.2 Å². The number of aryl methyl sites for hydroxylation is 1. The van der Waals surface area contributed by atoms with Crippen LogP contribution in [0, 0.1) is 0 Å². The summed E-state index contributed by atoms with van der Waals surface area (Å²) in [6.07, 6.45) is 1.67. The topological polar surface area (TPSA) is 86.0 Å². The molecule has 0 radical (unpaired) electrons. The molecule has 2 aliphatic rings. The Morgan fingerprint density at radius 1 is 1.29 bits per heavy atom. The van der Waals surface area contributed by atoms with E-state index < -0.39 is 18.8 Å². The second-order valence-electron chi connectivity index (χ2n) is 8.29. The van der Waals surface area contributed by atoms with E-state index in [1.165, 1.54) is 0 Å². The molecule has 166 valence electrons. The number of carbonyl (C=O) groups is 1. The van der Waals surface area contributed by atoms with Crippen molar-refractivity contribution in [1.29, 1.82) is 0 Å². The van der Waals surface area contributed by atoms with Crippen LogP contribution in [0.25, 0.3) is 22.1 Å². The van der Waals surface area contributed by atoms with Gasteiger partial charge in [-0.2, -0.15) is 13.2 Å². The number of nitrogens with one attached hydrogen (secondary N) is 2. The summed E-state index contributed by atoms with van der Waals surface area (Å²) in [5.74, 6) is 0.700. The molecule has 1 amide bonds. The van der Waals surface area contributed by atoms with Gasteiger partial charge >= 0.3 is 12.3 Å². The van der Waals surface area contributed by atoms with E-state index in [-0.39, 0.29) is 24.7 Å². The van der Waals surface area contributed by atoms with Gasteiger partial charge in [0.2, 0.25) is 0 Å². The van der Waals surface area contributed by atoms with Crippen LogP contribution in [0.3, 0.4) is 0 Å². The minimum absolute atomic E-state index is 0.0623. The lowest BCUT2D eigenvalue weighted by molar-refractivity contribution is -0.126. The highest BCUT2D eigenvalue weighted by atomic mass is 19.4. The third-order valence-corrected chi connectivity index (χ3v) is 6.21. The average molecular weight is 436 g/mol. The molecule has 11 heteroatoms. The van der Waals surface area contributed by atoms with Crippen molar-refractivity contribution in [3.8, 4) is 0 Å². The molecule has 8 nitrogen and oxygen atoms in total. The molecular formula is C20H23F3N6O2. The third-order valence-electron chi connectivity index (χ3n) is 6.21. The highest BCUT2D eigenvalue weighted by Gasteiger charge is 2.34. The first-order valence-corrected chi connectivity index (χ1v) is 10.4. The second-order valence-corrected chi connectivity index (χ2v) is 8.29. The number of carbonyl (C=O) groups excluding carboxylic acids is 1. The maximum Gasteiger partial charge on any atom is 0.407 e. The Morgan fingerprint density at radius 3 is 2.74 bits per heavy atom. The van der Waals surface area contributed by atoms with Crippen molar-refractivity contribution in [2.75, 3.05) is 13.2 Å². The highest BCUT2D eigenvalue weighted by Crippen LogP contribution is 2.37. The largest absolute Gasteiger partial charge is 0.447 e. The van der Waals surface area contributed by atoms with Gasteiger partial charge in [-0.1, -0.05) is 0 Å². The van der Waals surface area contributed by atoms with Crippen LogP contribution in [-0.2, 0) is 11.8 Å². The quantitative estimate of drug-likeness (QED) is 0.655. The number of rotatable bonds is 4. The van der Waals surface area contributed by atoms with Crippen LogP contribution >= 0.6 is 0 Å². The van der Waals surface area contributed by atoms with Crippen molar-refractivity contribution in [1.82, 2.24) is 29.7 Å². The number of amides is 1. The van der Waals surface area contributed by atoms with Gasteiger partial charge in [-0.15, -0.1) is 0 Å². The number of ether oxygens (including phenoxy) is 1. The minimum atomic E-state index is -4.21. The number of nitrogens with zero attached hydrogens (tertiary/aromatic N) is 4. The molecule has 0 aromatic carbocycles. The van der Waals surface area contributed by atoms with Gasteiger partial charge in [-0.25, -0.2) is 14.8 Å². The maximum atomic E-state index is 12.6. The van der Waals surface area contributed by atoms with Gasteiger partial charge in [0.25, 0.3) is 0 Å². The summed E-state index contributed by atoms with van der Waals surface area (Å²) in [7, 11) is 1.92. The predicted molar refractivity (Wildman–Crippen MR) is 107 cm³/mol. The van der Waals surface area contributed by atoms with E-state index in [1.807, 2.05) is 23.9 Å². The molecule has 31 heavy (non-hydrogen) atoms. The minimum Gasteiger partial charge on any atom is -0.447 e. The number of fused-ring (bicyclic) bond motifs is 3. The van der Waals surface area contributed by atoms with E-state index in [4.69, 9.17) is 9.72 Å². The standard InChI is InChI=1S/C20H23F3N6O2/c1-28-7-6-13-16-14(8-24-17(13)28)26-18(15-9-31-19(30)27-15)29(16)12-4-2-11(3-5-12)25-10-20(21,22)23/h6-8,11-12,15,25H,2-5,9-10H2,1H3,(H,27,30). The summed E-state index contributed by atoms with van der Waals surface area (Å²) in [5, 5.41) is 6.39. The fourth-order valence-corrected chi connectivity index (χ4v) is 4.75. The summed E-state index contributed by atoms with van der Waals surface area (Å²) >= 11 is 0. The lowest BCUT2D eigenvalue weighted by Gasteiger charge is -2.32. The van der Waals surface area contributed by atoms with Crippen LogP contribution in [0.4, 0.5) is 18.0 Å². The van der Waals surface area contributed by atoms with Gasteiger partial charge in [0.15, 0.2) is 0 Å². The van der Waals surface area contributed by atoms with Crippen molar-refractivity contribution < 1.29 is 22.7 Å². The zero-order chi connectivity index (χ0) is 21.8. The Kier molecular flexibility index (Phi) is 4.80. The van der Waals surface area contributed by atoms with Crippen LogP contribution in [-0.4, -0.2) is 50.6 Å². The van der Waals surface area contributed by atoms with Crippen molar-refractivity contribution in [2.24, 2.45) is 7.05 Å². The smallest absolute Gasteiger partial charge is 0.407 e. The van der Waals surface area contributed by atoms with E-state index in [0.717, 1.165) is 22.1 Å².